The Morgan fingerprint density at radius 2 is 2.26 bits per heavy atom. The van der Waals surface area contributed by atoms with Crippen LogP contribution in [0, 0.1) is 25.2 Å². The van der Waals surface area contributed by atoms with Crippen molar-refractivity contribution in [1.82, 2.24) is 10.2 Å². The number of rotatable bonds is 1. The van der Waals surface area contributed by atoms with E-state index in [9.17, 15) is 5.26 Å². The zero-order valence-corrected chi connectivity index (χ0v) is 11.3. The van der Waals surface area contributed by atoms with E-state index in [1.807, 2.05) is 26.0 Å². The van der Waals surface area contributed by atoms with Crippen LogP contribution in [0.1, 0.15) is 26.9 Å². The minimum atomic E-state index is -0.189. The summed E-state index contributed by atoms with van der Waals surface area (Å²) < 4.78 is 5.41. The number of nitrogens with one attached hydrogen (secondary N) is 1. The van der Waals surface area contributed by atoms with Crippen LogP contribution in [-0.2, 0) is 0 Å². The highest BCUT2D eigenvalue weighted by molar-refractivity contribution is 7.12. The number of hydrogen-bond acceptors (Lipinski definition) is 5. The van der Waals surface area contributed by atoms with Gasteiger partial charge in [0.2, 0.25) is 11.8 Å². The Morgan fingerprint density at radius 3 is 2.89 bits per heavy atom. The normalized spacial score (nSPS) is 17.8. The number of nitriles is 1. The van der Waals surface area contributed by atoms with Crippen molar-refractivity contribution in [3.63, 3.8) is 0 Å². The maximum Gasteiger partial charge on any atom is 0.244 e. The third-order valence-corrected chi connectivity index (χ3v) is 4.24. The number of nitrogens with two attached hydrogens (primary N) is 1. The third-order valence-electron chi connectivity index (χ3n) is 3.18. The molecule has 96 valence electrons. The molecule has 6 heteroatoms. The molecule has 1 atom stereocenters. The standard InChI is InChI=1S/C13H12N4OS/c1-6-3-4-9(19-6)11-8(5-14)12(15)18-13-10(11)7(2)16-17-13/h3-4,11H,15H2,1-2H3,(H,16,17). The topological polar surface area (TPSA) is 87.7 Å². The van der Waals surface area contributed by atoms with E-state index in [0.29, 0.717) is 11.5 Å². The fourth-order valence-corrected chi connectivity index (χ4v) is 3.29. The minimum Gasteiger partial charge on any atom is -0.420 e. The van der Waals surface area contributed by atoms with Gasteiger partial charge in [-0.25, -0.2) is 0 Å². The molecule has 3 heterocycles. The molecule has 3 rings (SSSR count). The van der Waals surface area contributed by atoms with Gasteiger partial charge in [-0.3, -0.25) is 5.10 Å². The molecule has 1 aliphatic heterocycles. The van der Waals surface area contributed by atoms with E-state index in [1.54, 1.807) is 11.3 Å². The summed E-state index contributed by atoms with van der Waals surface area (Å²) in [6.45, 7) is 3.95. The number of allylic oxidation sites excluding steroid dienone is 1. The van der Waals surface area contributed by atoms with Gasteiger partial charge in [-0.15, -0.1) is 16.4 Å². The van der Waals surface area contributed by atoms with Crippen LogP contribution in [0.5, 0.6) is 5.88 Å². The Kier molecular flexibility index (Phi) is 2.57. The molecule has 2 aromatic heterocycles. The molecule has 2 aromatic rings. The van der Waals surface area contributed by atoms with Gasteiger partial charge < -0.3 is 10.5 Å². The van der Waals surface area contributed by atoms with Crippen molar-refractivity contribution < 1.29 is 4.74 Å². The minimum absolute atomic E-state index is 0.137. The fourth-order valence-electron chi connectivity index (χ4n) is 2.29. The molecule has 0 radical (unpaired) electrons. The summed E-state index contributed by atoms with van der Waals surface area (Å²) in [6.07, 6.45) is 0. The number of aryl methyl sites for hydroxylation is 2. The van der Waals surface area contributed by atoms with Crippen molar-refractivity contribution in [2.45, 2.75) is 19.8 Å². The first-order valence-corrected chi connectivity index (χ1v) is 6.62. The second kappa shape index (κ2) is 4.14. The lowest BCUT2D eigenvalue weighted by Crippen LogP contribution is -2.20. The van der Waals surface area contributed by atoms with Gasteiger partial charge in [0.25, 0.3) is 0 Å². The predicted octanol–water partition coefficient (Wildman–Crippen LogP) is 2.31. The molecule has 0 aromatic carbocycles. The smallest absolute Gasteiger partial charge is 0.244 e. The largest absolute Gasteiger partial charge is 0.420 e. The van der Waals surface area contributed by atoms with E-state index in [1.165, 1.54) is 4.88 Å². The van der Waals surface area contributed by atoms with E-state index in [0.717, 1.165) is 16.1 Å². The Hall–Kier alpha value is -2.26. The predicted molar refractivity (Wildman–Crippen MR) is 71.7 cm³/mol. The Labute approximate surface area is 114 Å². The highest BCUT2D eigenvalue weighted by Gasteiger charge is 2.34. The molecule has 19 heavy (non-hydrogen) atoms. The van der Waals surface area contributed by atoms with E-state index in [2.05, 4.69) is 16.3 Å². The van der Waals surface area contributed by atoms with Gasteiger partial charge >= 0.3 is 0 Å². The molecular weight excluding hydrogens is 260 g/mol. The lowest BCUT2D eigenvalue weighted by atomic mass is 9.89. The van der Waals surface area contributed by atoms with Gasteiger partial charge in [0.05, 0.1) is 11.5 Å². The molecule has 0 bridgehead atoms. The van der Waals surface area contributed by atoms with Crippen molar-refractivity contribution in [3.05, 3.63) is 44.6 Å². The van der Waals surface area contributed by atoms with E-state index in [-0.39, 0.29) is 11.8 Å². The van der Waals surface area contributed by atoms with Crippen molar-refractivity contribution in [2.75, 3.05) is 0 Å². The average molecular weight is 272 g/mol. The van der Waals surface area contributed by atoms with Crippen LogP contribution in [0.15, 0.2) is 23.6 Å². The molecule has 3 N–H and O–H groups in total. The number of ether oxygens (including phenoxy) is 1. The van der Waals surface area contributed by atoms with E-state index >= 15 is 0 Å². The van der Waals surface area contributed by atoms with Crippen LogP contribution < -0.4 is 10.5 Å². The van der Waals surface area contributed by atoms with E-state index < -0.39 is 0 Å². The summed E-state index contributed by atoms with van der Waals surface area (Å²) in [5.41, 5.74) is 8.07. The maximum atomic E-state index is 9.36. The summed E-state index contributed by atoms with van der Waals surface area (Å²) in [5.74, 6) is 0.411. The maximum absolute atomic E-state index is 9.36. The van der Waals surface area contributed by atoms with Crippen LogP contribution in [0.4, 0.5) is 0 Å². The molecular formula is C13H12N4OS. The Morgan fingerprint density at radius 1 is 1.47 bits per heavy atom. The highest BCUT2D eigenvalue weighted by Crippen LogP contribution is 2.44. The van der Waals surface area contributed by atoms with Crippen molar-refractivity contribution in [2.24, 2.45) is 5.73 Å². The molecule has 0 fully saturated rings. The lowest BCUT2D eigenvalue weighted by molar-refractivity contribution is 0.379. The van der Waals surface area contributed by atoms with Crippen LogP contribution in [0.3, 0.4) is 0 Å². The molecule has 1 unspecified atom stereocenters. The van der Waals surface area contributed by atoms with Gasteiger partial charge in [-0.1, -0.05) is 0 Å². The van der Waals surface area contributed by atoms with Crippen molar-refractivity contribution in [1.29, 1.82) is 5.26 Å². The molecule has 0 spiro atoms. The molecule has 5 nitrogen and oxygen atoms in total. The SMILES string of the molecule is Cc1ccc(C2C(C#N)=C(N)Oc3n[nH]c(C)c32)s1. The summed E-state index contributed by atoms with van der Waals surface area (Å²) in [6, 6.07) is 6.23. The van der Waals surface area contributed by atoms with Gasteiger partial charge in [0.1, 0.15) is 11.6 Å². The highest BCUT2D eigenvalue weighted by atomic mass is 32.1. The number of aromatic amines is 1. The number of H-pyrrole nitrogens is 1. The number of thiophene rings is 1. The van der Waals surface area contributed by atoms with Crippen molar-refractivity contribution >= 4 is 11.3 Å². The van der Waals surface area contributed by atoms with Crippen LogP contribution in [-0.4, -0.2) is 10.2 Å². The fraction of sp³-hybridized carbons (Fsp3) is 0.231. The van der Waals surface area contributed by atoms with Gasteiger partial charge in [0.15, 0.2) is 0 Å². The number of nitrogens with zero attached hydrogens (tertiary/aromatic N) is 2. The molecule has 0 saturated heterocycles. The first-order valence-electron chi connectivity index (χ1n) is 5.80. The third kappa shape index (κ3) is 1.71. The van der Waals surface area contributed by atoms with Gasteiger partial charge in [-0.05, 0) is 26.0 Å². The number of hydrogen-bond donors (Lipinski definition) is 2. The van der Waals surface area contributed by atoms with Gasteiger partial charge in [0, 0.05) is 15.4 Å². The molecule has 1 aliphatic rings. The zero-order chi connectivity index (χ0) is 13.6. The monoisotopic (exact) mass is 272 g/mol. The Bertz CT molecular complexity index is 719. The Balaban J connectivity index is 2.24. The molecule has 0 saturated carbocycles. The average Bonchev–Trinajstić information content (AvgIpc) is 2.95. The molecule has 0 aliphatic carbocycles. The summed E-state index contributed by atoms with van der Waals surface area (Å²) >= 11 is 1.65. The molecule has 0 amide bonds. The summed E-state index contributed by atoms with van der Waals surface area (Å²) in [5, 5.41) is 16.3. The zero-order valence-electron chi connectivity index (χ0n) is 10.5. The quantitative estimate of drug-likeness (QED) is 0.833. The summed E-state index contributed by atoms with van der Waals surface area (Å²) in [4.78, 5) is 2.27. The van der Waals surface area contributed by atoms with E-state index in [4.69, 9.17) is 10.5 Å². The van der Waals surface area contributed by atoms with Gasteiger partial charge in [-0.2, -0.15) is 5.26 Å². The van der Waals surface area contributed by atoms with Crippen LogP contribution in [0.2, 0.25) is 0 Å². The van der Waals surface area contributed by atoms with Crippen LogP contribution >= 0.6 is 11.3 Å². The number of fused-ring (bicyclic) bond motifs is 1. The second-order valence-electron chi connectivity index (χ2n) is 4.44. The van der Waals surface area contributed by atoms with Crippen LogP contribution in [0.25, 0.3) is 0 Å². The number of aromatic nitrogens is 2. The van der Waals surface area contributed by atoms with Crippen molar-refractivity contribution in [3.8, 4) is 11.9 Å². The lowest BCUT2D eigenvalue weighted by Gasteiger charge is -2.22. The first kappa shape index (κ1) is 11.8. The first-order chi connectivity index (χ1) is 9.11. The summed E-state index contributed by atoms with van der Waals surface area (Å²) in [7, 11) is 0. The second-order valence-corrected chi connectivity index (χ2v) is 5.76.